The highest BCUT2D eigenvalue weighted by molar-refractivity contribution is 5.77. The minimum atomic E-state index is -0.173. The molecule has 0 aliphatic carbocycles. The van der Waals surface area contributed by atoms with Gasteiger partial charge in [0.2, 0.25) is 0 Å². The van der Waals surface area contributed by atoms with E-state index < -0.39 is 0 Å². The lowest BCUT2D eigenvalue weighted by atomic mass is 10.1. The molecule has 30 heavy (non-hydrogen) atoms. The molecule has 1 heterocycles. The lowest BCUT2D eigenvalue weighted by Gasteiger charge is -2.17. The molecule has 0 spiro atoms. The molecule has 0 saturated heterocycles. The summed E-state index contributed by atoms with van der Waals surface area (Å²) < 4.78 is 10.9. The number of benzene rings is 2. The number of nitrogens with one attached hydrogen (secondary N) is 2. The minimum Gasteiger partial charge on any atom is -0.497 e. The number of carbonyl (C=O) groups excluding carboxylic acids is 1. The number of nitrogens with zero attached hydrogens (tertiary/aromatic N) is 2. The molecule has 0 bridgehead atoms. The second-order valence-electron chi connectivity index (χ2n) is 6.82. The highest BCUT2D eigenvalue weighted by Crippen LogP contribution is 2.26. The number of aryl methyl sites for hydroxylation is 1. The van der Waals surface area contributed by atoms with Crippen molar-refractivity contribution in [1.82, 2.24) is 15.3 Å². The molecule has 7 heteroatoms. The third kappa shape index (κ3) is 5.47. The third-order valence-electron chi connectivity index (χ3n) is 4.57. The van der Waals surface area contributed by atoms with Gasteiger partial charge in [-0.25, -0.2) is 9.97 Å². The molecule has 0 radical (unpaired) electrons. The molecule has 0 fully saturated rings. The Morgan fingerprint density at radius 3 is 2.60 bits per heavy atom. The summed E-state index contributed by atoms with van der Waals surface area (Å²) in [6.07, 6.45) is 0. The Morgan fingerprint density at radius 2 is 1.83 bits per heavy atom. The van der Waals surface area contributed by atoms with Crippen LogP contribution in [0, 0.1) is 6.92 Å². The van der Waals surface area contributed by atoms with Crippen molar-refractivity contribution >= 4 is 11.7 Å². The highest BCUT2D eigenvalue weighted by Gasteiger charge is 2.11. The topological polar surface area (TPSA) is 85.4 Å². The van der Waals surface area contributed by atoms with E-state index in [0.717, 1.165) is 28.4 Å². The second kappa shape index (κ2) is 9.73. The van der Waals surface area contributed by atoms with E-state index in [1.54, 1.807) is 14.2 Å². The summed E-state index contributed by atoms with van der Waals surface area (Å²) in [5.74, 6) is 2.64. The molecule has 0 saturated carbocycles. The standard InChI is InChI=1S/C23H26N4O3/c1-15(17-7-5-10-20(11-17)30-14-23(28)24-3)25-22-13-21(26-16(2)27-22)18-8-6-9-19(12-18)29-4/h5-13,15H,14H2,1-4H3,(H,24,28)(H,25,26,27). The summed E-state index contributed by atoms with van der Waals surface area (Å²) in [6.45, 7) is 3.89. The van der Waals surface area contributed by atoms with Crippen molar-refractivity contribution in [1.29, 1.82) is 0 Å². The maximum atomic E-state index is 11.4. The van der Waals surface area contributed by atoms with Gasteiger partial charge in [-0.3, -0.25) is 4.79 Å². The SMILES string of the molecule is CNC(=O)COc1cccc(C(C)Nc2cc(-c3cccc(OC)c3)nc(C)n2)c1. The van der Waals surface area contributed by atoms with Crippen LogP contribution in [-0.2, 0) is 4.79 Å². The summed E-state index contributed by atoms with van der Waals surface area (Å²) in [7, 11) is 3.23. The van der Waals surface area contributed by atoms with Gasteiger partial charge in [-0.2, -0.15) is 0 Å². The minimum absolute atomic E-state index is 0.0171. The van der Waals surface area contributed by atoms with E-state index in [1.807, 2.05) is 68.4 Å². The summed E-state index contributed by atoms with van der Waals surface area (Å²) >= 11 is 0. The zero-order valence-corrected chi connectivity index (χ0v) is 17.6. The van der Waals surface area contributed by atoms with E-state index in [0.29, 0.717) is 11.6 Å². The van der Waals surface area contributed by atoms with Crippen LogP contribution < -0.4 is 20.1 Å². The molecule has 3 rings (SSSR count). The molecule has 1 unspecified atom stereocenters. The zero-order chi connectivity index (χ0) is 21.5. The number of ether oxygens (including phenoxy) is 2. The zero-order valence-electron chi connectivity index (χ0n) is 17.6. The Morgan fingerprint density at radius 1 is 1.07 bits per heavy atom. The van der Waals surface area contributed by atoms with Crippen LogP contribution in [0.1, 0.15) is 24.4 Å². The highest BCUT2D eigenvalue weighted by atomic mass is 16.5. The summed E-state index contributed by atoms with van der Waals surface area (Å²) in [5.41, 5.74) is 2.79. The van der Waals surface area contributed by atoms with E-state index in [4.69, 9.17) is 9.47 Å². The van der Waals surface area contributed by atoms with Crippen molar-refractivity contribution in [2.75, 3.05) is 26.1 Å². The van der Waals surface area contributed by atoms with Gasteiger partial charge in [-0.15, -0.1) is 0 Å². The monoisotopic (exact) mass is 406 g/mol. The lowest BCUT2D eigenvalue weighted by molar-refractivity contribution is -0.122. The van der Waals surface area contributed by atoms with Gasteiger partial charge in [0, 0.05) is 18.7 Å². The Labute approximate surface area is 176 Å². The summed E-state index contributed by atoms with van der Waals surface area (Å²) in [6, 6.07) is 17.3. The second-order valence-corrected chi connectivity index (χ2v) is 6.82. The predicted octanol–water partition coefficient (Wildman–Crippen LogP) is 3.76. The maximum Gasteiger partial charge on any atom is 0.257 e. The predicted molar refractivity (Wildman–Crippen MR) is 117 cm³/mol. The number of hydrogen-bond donors (Lipinski definition) is 2. The van der Waals surface area contributed by atoms with Crippen molar-refractivity contribution in [2.24, 2.45) is 0 Å². The van der Waals surface area contributed by atoms with Crippen LogP contribution >= 0.6 is 0 Å². The summed E-state index contributed by atoms with van der Waals surface area (Å²) in [4.78, 5) is 20.5. The number of amides is 1. The van der Waals surface area contributed by atoms with Crippen LogP contribution in [0.4, 0.5) is 5.82 Å². The Balaban J connectivity index is 1.77. The van der Waals surface area contributed by atoms with Crippen LogP contribution in [0.15, 0.2) is 54.6 Å². The molecule has 0 aliphatic rings. The maximum absolute atomic E-state index is 11.4. The number of aromatic nitrogens is 2. The normalized spacial score (nSPS) is 11.5. The molecule has 0 aliphatic heterocycles. The number of anilines is 1. The number of rotatable bonds is 8. The van der Waals surface area contributed by atoms with E-state index >= 15 is 0 Å². The van der Waals surface area contributed by atoms with Crippen LogP contribution in [0.5, 0.6) is 11.5 Å². The molecular weight excluding hydrogens is 380 g/mol. The first-order valence-electron chi connectivity index (χ1n) is 9.68. The van der Waals surface area contributed by atoms with Crippen LogP contribution in [-0.4, -0.2) is 36.6 Å². The Hall–Kier alpha value is -3.61. The molecule has 7 nitrogen and oxygen atoms in total. The number of hydrogen-bond acceptors (Lipinski definition) is 6. The van der Waals surface area contributed by atoms with Crippen molar-refractivity contribution in [3.63, 3.8) is 0 Å². The molecule has 2 aromatic carbocycles. The Bertz CT molecular complexity index is 1020. The molecule has 1 atom stereocenters. The fraction of sp³-hybridized carbons (Fsp3) is 0.261. The Kier molecular flexibility index (Phi) is 6.85. The molecule has 1 aromatic heterocycles. The van der Waals surface area contributed by atoms with Gasteiger partial charge in [0.15, 0.2) is 6.61 Å². The van der Waals surface area contributed by atoms with E-state index in [9.17, 15) is 4.79 Å². The lowest BCUT2D eigenvalue weighted by Crippen LogP contribution is -2.24. The molecular formula is C23H26N4O3. The van der Waals surface area contributed by atoms with Crippen molar-refractivity contribution < 1.29 is 14.3 Å². The molecule has 1 amide bonds. The number of carbonyl (C=O) groups is 1. The first kappa shape index (κ1) is 21.1. The molecule has 2 N–H and O–H groups in total. The van der Waals surface area contributed by atoms with Gasteiger partial charge in [0.25, 0.3) is 5.91 Å². The van der Waals surface area contributed by atoms with Crippen molar-refractivity contribution in [3.05, 3.63) is 66.0 Å². The van der Waals surface area contributed by atoms with Crippen LogP contribution in [0.3, 0.4) is 0 Å². The molecule has 3 aromatic rings. The van der Waals surface area contributed by atoms with Crippen LogP contribution in [0.2, 0.25) is 0 Å². The van der Waals surface area contributed by atoms with Gasteiger partial charge in [0.05, 0.1) is 18.8 Å². The van der Waals surface area contributed by atoms with Gasteiger partial charge in [0.1, 0.15) is 23.1 Å². The summed E-state index contributed by atoms with van der Waals surface area (Å²) in [5, 5.41) is 5.96. The van der Waals surface area contributed by atoms with E-state index in [2.05, 4.69) is 20.6 Å². The third-order valence-corrected chi connectivity index (χ3v) is 4.57. The van der Waals surface area contributed by atoms with Gasteiger partial charge < -0.3 is 20.1 Å². The van der Waals surface area contributed by atoms with Gasteiger partial charge in [-0.05, 0) is 43.7 Å². The van der Waals surface area contributed by atoms with Crippen molar-refractivity contribution in [3.8, 4) is 22.8 Å². The first-order chi connectivity index (χ1) is 14.5. The average molecular weight is 406 g/mol. The smallest absolute Gasteiger partial charge is 0.257 e. The average Bonchev–Trinajstić information content (AvgIpc) is 2.77. The fourth-order valence-corrected chi connectivity index (χ4v) is 2.97. The first-order valence-corrected chi connectivity index (χ1v) is 9.68. The van der Waals surface area contributed by atoms with E-state index in [-0.39, 0.29) is 18.6 Å². The van der Waals surface area contributed by atoms with Gasteiger partial charge >= 0.3 is 0 Å². The van der Waals surface area contributed by atoms with Gasteiger partial charge in [-0.1, -0.05) is 24.3 Å². The quantitative estimate of drug-likeness (QED) is 0.593. The fourth-order valence-electron chi connectivity index (χ4n) is 2.97. The van der Waals surface area contributed by atoms with Crippen LogP contribution in [0.25, 0.3) is 11.3 Å². The largest absolute Gasteiger partial charge is 0.497 e. The van der Waals surface area contributed by atoms with Crippen molar-refractivity contribution in [2.45, 2.75) is 19.9 Å². The number of methoxy groups -OCH3 is 1. The molecule has 156 valence electrons. The number of likely N-dealkylation sites (N-methyl/N-ethyl adjacent to an activating group) is 1. The van der Waals surface area contributed by atoms with E-state index in [1.165, 1.54) is 0 Å².